The minimum atomic E-state index is -1.48. The van der Waals surface area contributed by atoms with Crippen LogP contribution in [0.2, 0.25) is 0 Å². The number of hydrogen-bond acceptors (Lipinski definition) is 9. The van der Waals surface area contributed by atoms with E-state index in [0.29, 0.717) is 5.70 Å². The standard InChI is InChI=1S/C17H19NO8/c1-18-7-6-8-9(14(19)23-2)10(15(20)24-3)11(16(21)25-4)12(13(8)18)17(22)26-5/h6-8,11H,1-5H3/t8-,11-/m0/s1. The van der Waals surface area contributed by atoms with Crippen LogP contribution in [0.5, 0.6) is 0 Å². The Morgan fingerprint density at radius 1 is 0.808 bits per heavy atom. The molecule has 0 fully saturated rings. The molecule has 0 saturated carbocycles. The van der Waals surface area contributed by atoms with Gasteiger partial charge >= 0.3 is 23.9 Å². The van der Waals surface area contributed by atoms with Crippen LogP contribution in [0.15, 0.2) is 34.7 Å². The van der Waals surface area contributed by atoms with Crippen molar-refractivity contribution in [1.82, 2.24) is 4.90 Å². The molecule has 9 nitrogen and oxygen atoms in total. The zero-order valence-electron chi connectivity index (χ0n) is 15.0. The number of allylic oxidation sites excluding steroid dienone is 1. The third kappa shape index (κ3) is 2.85. The van der Waals surface area contributed by atoms with E-state index in [4.69, 9.17) is 18.9 Å². The molecule has 0 N–H and O–H groups in total. The molecule has 2 atom stereocenters. The highest BCUT2D eigenvalue weighted by molar-refractivity contribution is 6.11. The van der Waals surface area contributed by atoms with Gasteiger partial charge in [-0.2, -0.15) is 0 Å². The second-order valence-corrected chi connectivity index (χ2v) is 5.49. The number of ether oxygens (including phenoxy) is 4. The molecule has 0 aromatic carbocycles. The lowest BCUT2D eigenvalue weighted by Gasteiger charge is -2.32. The minimum Gasteiger partial charge on any atom is -0.468 e. The predicted octanol–water partition coefficient (Wildman–Crippen LogP) is -0.0658. The molecule has 9 heteroatoms. The normalized spacial score (nSPS) is 21.3. The molecular formula is C17H19NO8. The molecule has 0 radical (unpaired) electrons. The fourth-order valence-electron chi connectivity index (χ4n) is 3.18. The van der Waals surface area contributed by atoms with Crippen molar-refractivity contribution in [3.63, 3.8) is 0 Å². The summed E-state index contributed by atoms with van der Waals surface area (Å²) in [4.78, 5) is 51.4. The maximum absolute atomic E-state index is 12.5. The average molecular weight is 365 g/mol. The van der Waals surface area contributed by atoms with E-state index in [9.17, 15) is 19.2 Å². The fourth-order valence-corrected chi connectivity index (χ4v) is 3.18. The zero-order chi connectivity index (χ0) is 19.6. The summed E-state index contributed by atoms with van der Waals surface area (Å²) in [5, 5.41) is 0. The van der Waals surface area contributed by atoms with E-state index in [2.05, 4.69) is 0 Å². The highest BCUT2D eigenvalue weighted by Gasteiger charge is 2.50. The summed E-state index contributed by atoms with van der Waals surface area (Å²) in [6.07, 6.45) is 3.22. The Morgan fingerprint density at radius 2 is 1.31 bits per heavy atom. The third-order valence-corrected chi connectivity index (χ3v) is 4.28. The summed E-state index contributed by atoms with van der Waals surface area (Å²) in [7, 11) is 6.16. The van der Waals surface area contributed by atoms with Crippen molar-refractivity contribution in [3.05, 3.63) is 34.7 Å². The first-order chi connectivity index (χ1) is 12.3. The van der Waals surface area contributed by atoms with Crippen LogP contribution in [-0.2, 0) is 38.1 Å². The highest BCUT2D eigenvalue weighted by Crippen LogP contribution is 2.45. The van der Waals surface area contributed by atoms with Crippen LogP contribution in [0.3, 0.4) is 0 Å². The molecule has 0 saturated heterocycles. The van der Waals surface area contributed by atoms with E-state index in [1.165, 1.54) is 0 Å². The molecule has 1 aliphatic heterocycles. The largest absolute Gasteiger partial charge is 0.468 e. The number of esters is 4. The van der Waals surface area contributed by atoms with E-state index in [1.807, 2.05) is 0 Å². The second-order valence-electron chi connectivity index (χ2n) is 5.49. The molecule has 0 spiro atoms. The topological polar surface area (TPSA) is 108 Å². The molecule has 0 unspecified atom stereocenters. The maximum Gasteiger partial charge on any atom is 0.336 e. The van der Waals surface area contributed by atoms with Crippen molar-refractivity contribution in [2.24, 2.45) is 11.8 Å². The van der Waals surface area contributed by atoms with E-state index < -0.39 is 35.7 Å². The van der Waals surface area contributed by atoms with Gasteiger partial charge in [0.2, 0.25) is 0 Å². The van der Waals surface area contributed by atoms with Gasteiger partial charge in [0.25, 0.3) is 0 Å². The second kappa shape index (κ2) is 7.42. The first-order valence-corrected chi connectivity index (χ1v) is 7.56. The number of nitrogens with zero attached hydrogens (tertiary/aromatic N) is 1. The van der Waals surface area contributed by atoms with Crippen LogP contribution in [0, 0.1) is 11.8 Å². The van der Waals surface area contributed by atoms with Gasteiger partial charge in [-0.3, -0.25) is 4.79 Å². The average Bonchev–Trinajstić information content (AvgIpc) is 3.04. The summed E-state index contributed by atoms with van der Waals surface area (Å²) in [6, 6.07) is 0. The van der Waals surface area contributed by atoms with Crippen LogP contribution >= 0.6 is 0 Å². The van der Waals surface area contributed by atoms with Gasteiger partial charge in [0, 0.05) is 18.9 Å². The Morgan fingerprint density at radius 3 is 1.81 bits per heavy atom. The summed E-state index contributed by atoms with van der Waals surface area (Å²) in [5.74, 6) is -5.73. The van der Waals surface area contributed by atoms with Gasteiger partial charge in [0.1, 0.15) is 5.92 Å². The lowest BCUT2D eigenvalue weighted by atomic mass is 9.75. The molecule has 26 heavy (non-hydrogen) atoms. The molecule has 0 amide bonds. The molecule has 2 rings (SSSR count). The van der Waals surface area contributed by atoms with Crippen LogP contribution in [-0.4, -0.2) is 64.3 Å². The lowest BCUT2D eigenvalue weighted by molar-refractivity contribution is -0.149. The van der Waals surface area contributed by atoms with Crippen molar-refractivity contribution >= 4 is 23.9 Å². The molecule has 1 heterocycles. The number of fused-ring (bicyclic) bond motifs is 1. The summed E-state index contributed by atoms with van der Waals surface area (Å²) in [5.41, 5.74) is -0.150. The predicted molar refractivity (Wildman–Crippen MR) is 86.0 cm³/mol. The number of methoxy groups -OCH3 is 4. The third-order valence-electron chi connectivity index (χ3n) is 4.28. The van der Waals surface area contributed by atoms with E-state index in [1.54, 1.807) is 24.2 Å². The van der Waals surface area contributed by atoms with Gasteiger partial charge in [-0.05, 0) is 0 Å². The molecular weight excluding hydrogens is 346 g/mol. The number of carbonyl (C=O) groups is 4. The van der Waals surface area contributed by atoms with E-state index in [-0.39, 0.29) is 16.7 Å². The quantitative estimate of drug-likeness (QED) is 0.500. The smallest absolute Gasteiger partial charge is 0.336 e. The van der Waals surface area contributed by atoms with Gasteiger partial charge in [-0.15, -0.1) is 0 Å². The van der Waals surface area contributed by atoms with Crippen LogP contribution in [0.25, 0.3) is 0 Å². The summed E-state index contributed by atoms with van der Waals surface area (Å²) in [6.45, 7) is 0. The van der Waals surface area contributed by atoms with E-state index >= 15 is 0 Å². The number of rotatable bonds is 4. The molecule has 1 aliphatic carbocycles. The Hall–Kier alpha value is -3.10. The molecule has 0 aromatic rings. The van der Waals surface area contributed by atoms with Gasteiger partial charge in [-0.1, -0.05) is 6.08 Å². The van der Waals surface area contributed by atoms with Crippen LogP contribution in [0.1, 0.15) is 0 Å². The SMILES string of the molecule is COC(=O)C1=C(C(=O)OC)[C@H](C(=O)OC)C(C(=O)OC)=C2[C@H]1C=CN2C. The van der Waals surface area contributed by atoms with Crippen molar-refractivity contribution in [2.45, 2.75) is 0 Å². The minimum absolute atomic E-state index is 0.0852. The van der Waals surface area contributed by atoms with Gasteiger partial charge < -0.3 is 23.8 Å². The molecule has 0 bridgehead atoms. The maximum atomic E-state index is 12.5. The Labute approximate surface area is 149 Å². The van der Waals surface area contributed by atoms with Crippen molar-refractivity contribution in [2.75, 3.05) is 35.5 Å². The summed E-state index contributed by atoms with van der Waals surface area (Å²) >= 11 is 0. The van der Waals surface area contributed by atoms with Gasteiger partial charge in [0.05, 0.1) is 51.1 Å². The van der Waals surface area contributed by atoms with Crippen molar-refractivity contribution in [3.8, 4) is 0 Å². The van der Waals surface area contributed by atoms with Crippen molar-refractivity contribution < 1.29 is 38.1 Å². The first-order valence-electron chi connectivity index (χ1n) is 7.56. The van der Waals surface area contributed by atoms with Crippen LogP contribution in [0.4, 0.5) is 0 Å². The summed E-state index contributed by atoms with van der Waals surface area (Å²) < 4.78 is 19.1. The monoisotopic (exact) mass is 365 g/mol. The van der Waals surface area contributed by atoms with Crippen LogP contribution < -0.4 is 0 Å². The molecule has 140 valence electrons. The Balaban J connectivity index is 2.88. The Kier molecular flexibility index (Phi) is 5.49. The number of hydrogen-bond donors (Lipinski definition) is 0. The fraction of sp³-hybridized carbons (Fsp3) is 0.412. The Bertz CT molecular complexity index is 761. The molecule has 2 aliphatic rings. The highest BCUT2D eigenvalue weighted by atomic mass is 16.5. The van der Waals surface area contributed by atoms with Gasteiger partial charge in [0.15, 0.2) is 0 Å². The first kappa shape index (κ1) is 19.2. The number of carbonyl (C=O) groups excluding carboxylic acids is 4. The van der Waals surface area contributed by atoms with Gasteiger partial charge in [-0.25, -0.2) is 14.4 Å². The molecule has 0 aromatic heterocycles. The zero-order valence-corrected chi connectivity index (χ0v) is 15.0. The lowest BCUT2D eigenvalue weighted by Crippen LogP contribution is -2.39. The van der Waals surface area contributed by atoms with E-state index in [0.717, 1.165) is 28.4 Å². The van der Waals surface area contributed by atoms with Crippen molar-refractivity contribution in [1.29, 1.82) is 0 Å².